The quantitative estimate of drug-likeness (QED) is 0.628. The predicted octanol–water partition coefficient (Wildman–Crippen LogP) is 2.54. The Kier molecular flexibility index (Phi) is 5.38. The zero-order valence-corrected chi connectivity index (χ0v) is 10.5. The summed E-state index contributed by atoms with van der Waals surface area (Å²) in [5.74, 6) is 7.05. The lowest BCUT2D eigenvalue weighted by Gasteiger charge is -2.12. The maximum atomic E-state index is 9.47. The Balaban J connectivity index is 2.73. The van der Waals surface area contributed by atoms with Gasteiger partial charge in [0, 0.05) is 6.42 Å². The van der Waals surface area contributed by atoms with E-state index in [0.29, 0.717) is 24.5 Å². The molecule has 1 aromatic rings. The maximum absolute atomic E-state index is 9.47. The molecule has 17 heavy (non-hydrogen) atoms. The summed E-state index contributed by atoms with van der Waals surface area (Å²) in [6, 6.07) is 5.42. The summed E-state index contributed by atoms with van der Waals surface area (Å²) in [7, 11) is 1.58. The van der Waals surface area contributed by atoms with Crippen LogP contribution in [0.3, 0.4) is 0 Å². The fraction of sp³-hybridized carbons (Fsp3) is 0.429. The lowest BCUT2D eigenvalue weighted by atomic mass is 10.1. The van der Waals surface area contributed by atoms with Gasteiger partial charge in [-0.2, -0.15) is 0 Å². The molecule has 0 radical (unpaired) electrons. The molecule has 0 amide bonds. The van der Waals surface area contributed by atoms with Crippen LogP contribution >= 0.6 is 0 Å². The molecule has 0 bridgehead atoms. The van der Waals surface area contributed by atoms with Crippen molar-refractivity contribution in [3.05, 3.63) is 23.8 Å². The molecule has 0 aliphatic heterocycles. The van der Waals surface area contributed by atoms with Crippen molar-refractivity contribution in [3.63, 3.8) is 0 Å². The topological polar surface area (TPSA) is 38.7 Å². The van der Waals surface area contributed by atoms with Crippen LogP contribution in [0, 0.1) is 11.8 Å². The van der Waals surface area contributed by atoms with E-state index in [1.54, 1.807) is 33.1 Å². The number of hydrogen-bond acceptors (Lipinski definition) is 3. The Morgan fingerprint density at radius 1 is 1.35 bits per heavy atom. The van der Waals surface area contributed by atoms with E-state index in [9.17, 15) is 5.11 Å². The van der Waals surface area contributed by atoms with E-state index >= 15 is 0 Å². The standard InChI is InChI=1S/C14H18O3/c1-4-5-6-9-17-13-8-7-12(11(2)15)10-14(13)16-3/h7-8,10-11,15H,6,9H2,1-3H3. The second kappa shape index (κ2) is 6.82. The fourth-order valence-electron chi connectivity index (χ4n) is 1.40. The first-order valence-corrected chi connectivity index (χ1v) is 5.57. The van der Waals surface area contributed by atoms with Crippen LogP contribution in [0.4, 0.5) is 0 Å². The van der Waals surface area contributed by atoms with Gasteiger partial charge in [0.2, 0.25) is 0 Å². The molecule has 0 aromatic heterocycles. The second-order valence-electron chi connectivity index (χ2n) is 3.61. The SMILES string of the molecule is CC#CCCOc1ccc(C(C)O)cc1OC. The highest BCUT2D eigenvalue weighted by Crippen LogP contribution is 2.30. The van der Waals surface area contributed by atoms with Gasteiger partial charge in [-0.25, -0.2) is 0 Å². The molecule has 1 aromatic carbocycles. The van der Waals surface area contributed by atoms with Crippen molar-refractivity contribution in [3.8, 4) is 23.3 Å². The van der Waals surface area contributed by atoms with Crippen molar-refractivity contribution in [2.45, 2.75) is 26.4 Å². The van der Waals surface area contributed by atoms with Gasteiger partial charge in [0.25, 0.3) is 0 Å². The Hall–Kier alpha value is -1.66. The van der Waals surface area contributed by atoms with Gasteiger partial charge in [-0.1, -0.05) is 6.07 Å². The molecule has 0 spiro atoms. The van der Waals surface area contributed by atoms with E-state index in [0.717, 1.165) is 5.56 Å². The smallest absolute Gasteiger partial charge is 0.161 e. The van der Waals surface area contributed by atoms with Crippen molar-refractivity contribution in [1.29, 1.82) is 0 Å². The van der Waals surface area contributed by atoms with Gasteiger partial charge in [-0.15, -0.1) is 11.8 Å². The maximum Gasteiger partial charge on any atom is 0.161 e. The van der Waals surface area contributed by atoms with E-state index in [-0.39, 0.29) is 0 Å². The van der Waals surface area contributed by atoms with Gasteiger partial charge >= 0.3 is 0 Å². The lowest BCUT2D eigenvalue weighted by molar-refractivity contribution is 0.198. The van der Waals surface area contributed by atoms with E-state index in [1.807, 2.05) is 6.07 Å². The fourth-order valence-corrected chi connectivity index (χ4v) is 1.40. The number of methoxy groups -OCH3 is 1. The number of rotatable bonds is 5. The number of aliphatic hydroxyl groups excluding tert-OH is 1. The minimum Gasteiger partial charge on any atom is -0.493 e. The zero-order chi connectivity index (χ0) is 12.7. The minimum atomic E-state index is -0.510. The van der Waals surface area contributed by atoms with E-state index in [2.05, 4.69) is 11.8 Å². The highest BCUT2D eigenvalue weighted by Gasteiger charge is 2.08. The largest absolute Gasteiger partial charge is 0.493 e. The molecule has 0 saturated heterocycles. The van der Waals surface area contributed by atoms with Crippen molar-refractivity contribution >= 4 is 0 Å². The molecular formula is C14H18O3. The molecule has 0 aliphatic carbocycles. The van der Waals surface area contributed by atoms with E-state index in [1.165, 1.54) is 0 Å². The Bertz CT molecular complexity index is 413. The van der Waals surface area contributed by atoms with Gasteiger partial charge in [0.1, 0.15) is 0 Å². The summed E-state index contributed by atoms with van der Waals surface area (Å²) in [4.78, 5) is 0. The van der Waals surface area contributed by atoms with Crippen LogP contribution in [0.5, 0.6) is 11.5 Å². The molecular weight excluding hydrogens is 216 g/mol. The van der Waals surface area contributed by atoms with Crippen LogP contribution in [0.25, 0.3) is 0 Å². The van der Waals surface area contributed by atoms with Crippen LogP contribution in [0.2, 0.25) is 0 Å². The zero-order valence-electron chi connectivity index (χ0n) is 10.5. The first-order valence-electron chi connectivity index (χ1n) is 5.57. The number of ether oxygens (including phenoxy) is 2. The molecule has 3 nitrogen and oxygen atoms in total. The Morgan fingerprint density at radius 2 is 2.12 bits per heavy atom. The summed E-state index contributed by atoms with van der Waals surface area (Å²) in [5.41, 5.74) is 0.808. The van der Waals surface area contributed by atoms with E-state index in [4.69, 9.17) is 9.47 Å². The monoisotopic (exact) mass is 234 g/mol. The molecule has 1 atom stereocenters. The van der Waals surface area contributed by atoms with Crippen molar-refractivity contribution in [2.24, 2.45) is 0 Å². The van der Waals surface area contributed by atoms with Crippen LogP contribution in [-0.4, -0.2) is 18.8 Å². The Morgan fingerprint density at radius 3 is 2.71 bits per heavy atom. The molecule has 92 valence electrons. The number of aliphatic hydroxyl groups is 1. The molecule has 1 unspecified atom stereocenters. The van der Waals surface area contributed by atoms with Gasteiger partial charge < -0.3 is 14.6 Å². The molecule has 0 saturated carbocycles. The molecule has 3 heteroatoms. The average molecular weight is 234 g/mol. The minimum absolute atomic E-state index is 0.510. The van der Waals surface area contributed by atoms with Crippen molar-refractivity contribution < 1.29 is 14.6 Å². The third-order valence-electron chi connectivity index (χ3n) is 2.33. The molecule has 0 heterocycles. The van der Waals surface area contributed by atoms with Gasteiger partial charge in [0.05, 0.1) is 19.8 Å². The molecule has 1 N–H and O–H groups in total. The molecule has 0 fully saturated rings. The van der Waals surface area contributed by atoms with Gasteiger partial charge in [-0.3, -0.25) is 0 Å². The lowest BCUT2D eigenvalue weighted by Crippen LogP contribution is -2.00. The average Bonchev–Trinajstić information content (AvgIpc) is 2.34. The van der Waals surface area contributed by atoms with Crippen molar-refractivity contribution in [1.82, 2.24) is 0 Å². The highest BCUT2D eigenvalue weighted by molar-refractivity contribution is 5.43. The second-order valence-corrected chi connectivity index (χ2v) is 3.61. The van der Waals surface area contributed by atoms with Crippen LogP contribution < -0.4 is 9.47 Å². The first kappa shape index (κ1) is 13.4. The first-order chi connectivity index (χ1) is 8.19. The van der Waals surface area contributed by atoms with E-state index < -0.39 is 6.10 Å². The van der Waals surface area contributed by atoms with Crippen LogP contribution in [0.1, 0.15) is 31.9 Å². The van der Waals surface area contributed by atoms with Crippen molar-refractivity contribution in [2.75, 3.05) is 13.7 Å². The molecule has 0 aliphatic rings. The Labute approximate surface area is 102 Å². The third-order valence-corrected chi connectivity index (χ3v) is 2.33. The summed E-state index contributed by atoms with van der Waals surface area (Å²) in [6.07, 6.45) is 0.182. The summed E-state index contributed by atoms with van der Waals surface area (Å²) in [6.45, 7) is 4.05. The predicted molar refractivity (Wildman–Crippen MR) is 67.2 cm³/mol. The number of benzene rings is 1. The summed E-state index contributed by atoms with van der Waals surface area (Å²) < 4.78 is 10.8. The van der Waals surface area contributed by atoms with Gasteiger partial charge in [0.15, 0.2) is 11.5 Å². The third kappa shape index (κ3) is 4.01. The normalized spacial score (nSPS) is 11.3. The number of hydrogen-bond donors (Lipinski definition) is 1. The summed E-state index contributed by atoms with van der Waals surface area (Å²) in [5, 5.41) is 9.47. The summed E-state index contributed by atoms with van der Waals surface area (Å²) >= 11 is 0. The highest BCUT2D eigenvalue weighted by atomic mass is 16.5. The molecule has 1 rings (SSSR count). The van der Waals surface area contributed by atoms with Crippen LogP contribution in [-0.2, 0) is 0 Å². The van der Waals surface area contributed by atoms with Crippen LogP contribution in [0.15, 0.2) is 18.2 Å². The van der Waals surface area contributed by atoms with Gasteiger partial charge in [-0.05, 0) is 31.5 Å².